The van der Waals surface area contributed by atoms with E-state index in [1.54, 1.807) is 23.6 Å². The number of carbonyl (C=O) groups is 2. The Balaban J connectivity index is 1.30. The maximum atomic E-state index is 13.4. The van der Waals surface area contributed by atoms with Crippen molar-refractivity contribution in [1.29, 1.82) is 0 Å². The summed E-state index contributed by atoms with van der Waals surface area (Å²) < 4.78 is 41.9. The van der Waals surface area contributed by atoms with Crippen molar-refractivity contribution in [3.05, 3.63) is 70.9 Å². The fourth-order valence-electron chi connectivity index (χ4n) is 5.70. The van der Waals surface area contributed by atoms with Crippen molar-refractivity contribution in [2.45, 2.75) is 65.1 Å². The molecule has 10 heteroatoms. The van der Waals surface area contributed by atoms with Crippen LogP contribution in [-0.4, -0.2) is 50.5 Å². The van der Waals surface area contributed by atoms with Crippen LogP contribution in [0.15, 0.2) is 47.9 Å². The number of alkyl halides is 3. The maximum absolute atomic E-state index is 13.4. The van der Waals surface area contributed by atoms with E-state index in [0.717, 1.165) is 36.8 Å². The van der Waals surface area contributed by atoms with E-state index >= 15 is 0 Å². The quantitative estimate of drug-likeness (QED) is 0.418. The standard InChI is InChI=1S/C30H32F3N5O2/c1-17-4-7-21(8-5-17)26(39)19(3)37-29(40)22-9-6-20(14-18(22)2)15-24-28-36-16-25(38(28)13-12-34-24)23-10-11-35-27(23)30(31,32)33/h6,9-10,12-14,16-17,19,21H,4-5,7-8,11,15H2,1-3H3,(H,37,40)/t17?,19-,21?/m1/s1. The summed E-state index contributed by atoms with van der Waals surface area (Å²) in [6, 6.07) is 4.87. The molecule has 40 heavy (non-hydrogen) atoms. The molecular weight excluding hydrogens is 519 g/mol. The number of imidazole rings is 1. The zero-order chi connectivity index (χ0) is 28.6. The second-order valence-corrected chi connectivity index (χ2v) is 10.9. The van der Waals surface area contributed by atoms with E-state index in [1.807, 2.05) is 19.1 Å². The van der Waals surface area contributed by atoms with Crippen molar-refractivity contribution in [2.75, 3.05) is 6.54 Å². The van der Waals surface area contributed by atoms with Gasteiger partial charge in [-0.15, -0.1) is 0 Å². The van der Waals surface area contributed by atoms with Gasteiger partial charge in [-0.25, -0.2) is 4.98 Å². The molecule has 210 valence electrons. The Hall–Kier alpha value is -3.82. The predicted molar refractivity (Wildman–Crippen MR) is 146 cm³/mol. The van der Waals surface area contributed by atoms with E-state index in [0.29, 0.717) is 34.9 Å². The minimum Gasteiger partial charge on any atom is -0.342 e. The number of aliphatic imine (C=N–C) groups is 1. The lowest BCUT2D eigenvalue weighted by atomic mass is 9.79. The molecule has 2 aromatic heterocycles. The Bertz CT molecular complexity index is 1510. The number of amides is 1. The average Bonchev–Trinajstić information content (AvgIpc) is 3.56. The number of carbonyl (C=O) groups excluding carboxylic acids is 2. The molecule has 0 bridgehead atoms. The zero-order valence-electron chi connectivity index (χ0n) is 22.8. The minimum absolute atomic E-state index is 0.00524. The van der Waals surface area contributed by atoms with Crippen LogP contribution in [0, 0.1) is 18.8 Å². The Morgan fingerprint density at radius 2 is 1.90 bits per heavy atom. The van der Waals surface area contributed by atoms with Crippen molar-refractivity contribution in [2.24, 2.45) is 16.8 Å². The van der Waals surface area contributed by atoms with Gasteiger partial charge in [0, 0.05) is 35.9 Å². The summed E-state index contributed by atoms with van der Waals surface area (Å²) in [4.78, 5) is 38.3. The molecule has 1 amide bonds. The van der Waals surface area contributed by atoms with Crippen LogP contribution < -0.4 is 5.32 Å². The number of benzene rings is 1. The van der Waals surface area contributed by atoms with E-state index in [-0.39, 0.29) is 29.7 Å². The highest BCUT2D eigenvalue weighted by molar-refractivity contribution is 6.27. The molecule has 2 aliphatic rings. The van der Waals surface area contributed by atoms with Gasteiger partial charge in [0.2, 0.25) is 0 Å². The summed E-state index contributed by atoms with van der Waals surface area (Å²) >= 11 is 0. The van der Waals surface area contributed by atoms with Crippen LogP contribution >= 0.6 is 0 Å². The van der Waals surface area contributed by atoms with Gasteiger partial charge in [0.05, 0.1) is 30.2 Å². The first-order valence-corrected chi connectivity index (χ1v) is 13.6. The van der Waals surface area contributed by atoms with Crippen LogP contribution in [0.2, 0.25) is 0 Å². The van der Waals surface area contributed by atoms with Gasteiger partial charge in [0.1, 0.15) is 5.71 Å². The fourth-order valence-corrected chi connectivity index (χ4v) is 5.70. The molecule has 3 heterocycles. The van der Waals surface area contributed by atoms with Gasteiger partial charge in [-0.3, -0.25) is 24.0 Å². The van der Waals surface area contributed by atoms with Gasteiger partial charge >= 0.3 is 6.18 Å². The molecule has 0 saturated heterocycles. The van der Waals surface area contributed by atoms with Crippen LogP contribution in [0.25, 0.3) is 11.2 Å². The smallest absolute Gasteiger partial charge is 0.342 e. The largest absolute Gasteiger partial charge is 0.433 e. The monoisotopic (exact) mass is 551 g/mol. The molecule has 1 N–H and O–H groups in total. The SMILES string of the molecule is Cc1cc(Cc2nccn3c(C4=CCN=C4C(F)(F)F)cnc23)ccc1C(=O)N[C@H](C)C(=O)C1CCC(C)CC1. The van der Waals surface area contributed by atoms with E-state index < -0.39 is 17.9 Å². The Kier molecular flexibility index (Phi) is 7.61. The summed E-state index contributed by atoms with van der Waals surface area (Å²) in [5.41, 5.74) is 2.57. The number of ketones is 1. The number of allylic oxidation sites excluding steroid dienone is 1. The number of Topliss-reactive ketones (excluding diaryl/α,β-unsaturated/α-hetero) is 1. The van der Waals surface area contributed by atoms with Crippen LogP contribution in [0.1, 0.15) is 72.4 Å². The number of halogens is 3. The molecule has 1 aliphatic carbocycles. The molecule has 3 aromatic rings. The number of aryl methyl sites for hydroxylation is 1. The van der Waals surface area contributed by atoms with E-state index in [2.05, 4.69) is 27.2 Å². The summed E-state index contributed by atoms with van der Waals surface area (Å²) in [6.45, 7) is 5.76. The van der Waals surface area contributed by atoms with E-state index in [9.17, 15) is 22.8 Å². The summed E-state index contributed by atoms with van der Waals surface area (Å²) in [5.74, 6) is 0.453. The van der Waals surface area contributed by atoms with Crippen LogP contribution in [0.3, 0.4) is 0 Å². The number of nitrogens with one attached hydrogen (secondary N) is 1. The molecule has 0 radical (unpaired) electrons. The highest BCUT2D eigenvalue weighted by Crippen LogP contribution is 2.32. The first-order valence-electron chi connectivity index (χ1n) is 13.6. The van der Waals surface area contributed by atoms with Crippen molar-refractivity contribution >= 4 is 28.6 Å². The Labute approximate surface area is 230 Å². The average molecular weight is 552 g/mol. The number of rotatable bonds is 7. The lowest BCUT2D eigenvalue weighted by Gasteiger charge is -2.27. The Morgan fingerprint density at radius 1 is 1.15 bits per heavy atom. The fraction of sp³-hybridized carbons (Fsp3) is 0.433. The maximum Gasteiger partial charge on any atom is 0.433 e. The summed E-state index contributed by atoms with van der Waals surface area (Å²) in [6.07, 6.45) is 5.64. The van der Waals surface area contributed by atoms with Crippen molar-refractivity contribution in [1.82, 2.24) is 19.7 Å². The molecule has 1 aliphatic heterocycles. The zero-order valence-corrected chi connectivity index (χ0v) is 22.8. The topological polar surface area (TPSA) is 88.7 Å². The number of fused-ring (bicyclic) bond motifs is 1. The normalized spacial score (nSPS) is 20.2. The third-order valence-electron chi connectivity index (χ3n) is 7.95. The number of hydrogen-bond acceptors (Lipinski definition) is 5. The lowest BCUT2D eigenvalue weighted by molar-refractivity contribution is -0.125. The number of nitrogens with zero attached hydrogens (tertiary/aromatic N) is 4. The van der Waals surface area contributed by atoms with Gasteiger partial charge in [-0.05, 0) is 49.8 Å². The summed E-state index contributed by atoms with van der Waals surface area (Å²) in [5, 5.41) is 2.87. The Morgan fingerprint density at radius 3 is 2.60 bits per heavy atom. The molecule has 7 nitrogen and oxygen atoms in total. The van der Waals surface area contributed by atoms with Crippen molar-refractivity contribution < 1.29 is 22.8 Å². The first-order chi connectivity index (χ1) is 19.0. The predicted octanol–water partition coefficient (Wildman–Crippen LogP) is 5.54. The van der Waals surface area contributed by atoms with Crippen LogP contribution in [0.5, 0.6) is 0 Å². The molecular formula is C30H32F3N5O2. The highest BCUT2D eigenvalue weighted by atomic mass is 19.4. The van der Waals surface area contributed by atoms with Crippen molar-refractivity contribution in [3.63, 3.8) is 0 Å². The number of aromatic nitrogens is 3. The second-order valence-electron chi connectivity index (χ2n) is 10.9. The molecule has 5 rings (SSSR count). The van der Waals surface area contributed by atoms with Gasteiger partial charge in [-0.2, -0.15) is 13.2 Å². The molecule has 1 fully saturated rings. The molecule has 0 unspecified atom stereocenters. The van der Waals surface area contributed by atoms with Gasteiger partial charge in [-0.1, -0.05) is 38.0 Å². The minimum atomic E-state index is -4.55. The van der Waals surface area contributed by atoms with E-state index in [4.69, 9.17) is 0 Å². The highest BCUT2D eigenvalue weighted by Gasteiger charge is 2.40. The van der Waals surface area contributed by atoms with Gasteiger partial charge < -0.3 is 5.32 Å². The van der Waals surface area contributed by atoms with Crippen molar-refractivity contribution in [3.8, 4) is 0 Å². The molecule has 1 aromatic carbocycles. The van der Waals surface area contributed by atoms with E-state index in [1.165, 1.54) is 18.5 Å². The van der Waals surface area contributed by atoms with Gasteiger partial charge in [0.25, 0.3) is 5.91 Å². The molecule has 1 atom stereocenters. The third kappa shape index (κ3) is 5.57. The first kappa shape index (κ1) is 27.7. The lowest BCUT2D eigenvalue weighted by Crippen LogP contribution is -2.42. The van der Waals surface area contributed by atoms with Gasteiger partial charge in [0.15, 0.2) is 11.4 Å². The molecule has 0 spiro atoms. The number of hydrogen-bond donors (Lipinski definition) is 1. The second kappa shape index (κ2) is 11.0. The molecule has 1 saturated carbocycles. The third-order valence-corrected chi connectivity index (χ3v) is 7.95. The summed E-state index contributed by atoms with van der Waals surface area (Å²) in [7, 11) is 0. The van der Waals surface area contributed by atoms with Crippen LogP contribution in [-0.2, 0) is 11.2 Å². The van der Waals surface area contributed by atoms with Crippen LogP contribution in [0.4, 0.5) is 13.2 Å².